The number of morpholine rings is 1. The number of halogens is 2. The molecule has 1 aromatic rings. The van der Waals surface area contributed by atoms with Crippen molar-refractivity contribution in [2.24, 2.45) is 0 Å². The summed E-state index contributed by atoms with van der Waals surface area (Å²) in [6.07, 6.45) is 2.99. The monoisotopic (exact) mass is 331 g/mol. The largest absolute Gasteiger partial charge is 0.385 e. The molecule has 1 fully saturated rings. The van der Waals surface area contributed by atoms with Crippen LogP contribution < -0.4 is 0 Å². The standard InChI is InChI=1S/C16H22ClNO2.ClH/c1-2-7-16(19,14-3-5-15(17)6-4-14)8-9-18-10-12-20-13-11-18;/h2-6,19H,1,7-13H2;1H. The summed E-state index contributed by atoms with van der Waals surface area (Å²) in [5, 5.41) is 11.6. The molecule has 1 aromatic carbocycles. The van der Waals surface area contributed by atoms with E-state index in [1.54, 1.807) is 6.08 Å². The first-order chi connectivity index (χ1) is 9.64. The first kappa shape index (κ1) is 18.5. The van der Waals surface area contributed by atoms with Crippen LogP contribution in [0, 0.1) is 0 Å². The fourth-order valence-corrected chi connectivity index (χ4v) is 2.66. The van der Waals surface area contributed by atoms with E-state index in [1.165, 1.54) is 0 Å². The zero-order chi connectivity index (χ0) is 14.4. The third kappa shape index (κ3) is 5.28. The molecule has 1 N–H and O–H groups in total. The highest BCUT2D eigenvalue weighted by Crippen LogP contribution is 2.30. The second kappa shape index (κ2) is 8.76. The molecule has 3 nitrogen and oxygen atoms in total. The van der Waals surface area contributed by atoms with Crippen LogP contribution in [-0.4, -0.2) is 42.9 Å². The molecule has 0 aliphatic carbocycles. The first-order valence-electron chi connectivity index (χ1n) is 7.03. The second-order valence-corrected chi connectivity index (χ2v) is 5.67. The summed E-state index contributed by atoms with van der Waals surface area (Å²) in [6, 6.07) is 7.43. The Morgan fingerprint density at radius 3 is 2.48 bits per heavy atom. The molecule has 1 heterocycles. The van der Waals surface area contributed by atoms with E-state index in [2.05, 4.69) is 11.5 Å². The first-order valence-corrected chi connectivity index (χ1v) is 7.41. The van der Waals surface area contributed by atoms with Gasteiger partial charge in [0.1, 0.15) is 0 Å². The normalized spacial score (nSPS) is 18.6. The van der Waals surface area contributed by atoms with Gasteiger partial charge in [-0.15, -0.1) is 19.0 Å². The van der Waals surface area contributed by atoms with E-state index < -0.39 is 5.60 Å². The van der Waals surface area contributed by atoms with Crippen LogP contribution in [-0.2, 0) is 10.3 Å². The van der Waals surface area contributed by atoms with Crippen molar-refractivity contribution in [1.29, 1.82) is 0 Å². The fourth-order valence-electron chi connectivity index (χ4n) is 2.53. The van der Waals surface area contributed by atoms with Gasteiger partial charge >= 0.3 is 0 Å². The van der Waals surface area contributed by atoms with Crippen molar-refractivity contribution in [3.05, 3.63) is 47.5 Å². The summed E-state index contributed by atoms with van der Waals surface area (Å²) in [4.78, 5) is 2.33. The maximum absolute atomic E-state index is 10.9. The van der Waals surface area contributed by atoms with Gasteiger partial charge in [0.2, 0.25) is 0 Å². The smallest absolute Gasteiger partial charge is 0.0942 e. The molecule has 0 aromatic heterocycles. The zero-order valence-corrected chi connectivity index (χ0v) is 13.7. The van der Waals surface area contributed by atoms with Gasteiger partial charge in [-0.1, -0.05) is 29.8 Å². The van der Waals surface area contributed by atoms with E-state index in [4.69, 9.17) is 16.3 Å². The van der Waals surface area contributed by atoms with Gasteiger partial charge in [0.15, 0.2) is 0 Å². The molecule has 2 rings (SSSR count). The maximum atomic E-state index is 10.9. The highest BCUT2D eigenvalue weighted by molar-refractivity contribution is 6.30. The zero-order valence-electron chi connectivity index (χ0n) is 12.1. The lowest BCUT2D eigenvalue weighted by Gasteiger charge is -2.32. The van der Waals surface area contributed by atoms with Gasteiger partial charge in [0.25, 0.3) is 0 Å². The predicted molar refractivity (Wildman–Crippen MR) is 89.3 cm³/mol. The Morgan fingerprint density at radius 2 is 1.90 bits per heavy atom. The van der Waals surface area contributed by atoms with E-state index in [-0.39, 0.29) is 12.4 Å². The number of ether oxygens (including phenoxy) is 1. The average Bonchev–Trinajstić information content (AvgIpc) is 2.47. The van der Waals surface area contributed by atoms with Crippen LogP contribution in [0.2, 0.25) is 5.02 Å². The Labute approximate surface area is 138 Å². The molecular weight excluding hydrogens is 309 g/mol. The Bertz CT molecular complexity index is 432. The van der Waals surface area contributed by atoms with Crippen LogP contribution in [0.3, 0.4) is 0 Å². The third-order valence-corrected chi connectivity index (χ3v) is 4.06. The molecule has 1 unspecified atom stereocenters. The average molecular weight is 332 g/mol. The van der Waals surface area contributed by atoms with E-state index in [9.17, 15) is 5.11 Å². The summed E-state index contributed by atoms with van der Waals surface area (Å²) in [6.45, 7) is 8.05. The molecule has 5 heteroatoms. The van der Waals surface area contributed by atoms with Gasteiger partial charge in [-0.05, 0) is 30.5 Å². The lowest BCUT2D eigenvalue weighted by atomic mass is 9.87. The van der Waals surface area contributed by atoms with E-state index in [1.807, 2.05) is 24.3 Å². The van der Waals surface area contributed by atoms with Gasteiger partial charge in [-0.25, -0.2) is 0 Å². The highest BCUT2D eigenvalue weighted by Gasteiger charge is 2.28. The van der Waals surface area contributed by atoms with Gasteiger partial charge < -0.3 is 9.84 Å². The molecular formula is C16H23Cl2NO2. The van der Waals surface area contributed by atoms with Gasteiger partial charge in [0, 0.05) is 24.7 Å². The number of rotatable bonds is 6. The van der Waals surface area contributed by atoms with Crippen molar-refractivity contribution >= 4 is 24.0 Å². The van der Waals surface area contributed by atoms with Crippen molar-refractivity contribution in [2.45, 2.75) is 18.4 Å². The fraction of sp³-hybridized carbons (Fsp3) is 0.500. The molecule has 118 valence electrons. The lowest BCUT2D eigenvalue weighted by Crippen LogP contribution is -2.39. The minimum absolute atomic E-state index is 0. The Morgan fingerprint density at radius 1 is 1.29 bits per heavy atom. The summed E-state index contributed by atoms with van der Waals surface area (Å²) in [5.41, 5.74) is 0.0278. The molecule has 0 radical (unpaired) electrons. The van der Waals surface area contributed by atoms with Crippen LogP contribution in [0.25, 0.3) is 0 Å². The Balaban J connectivity index is 0.00000220. The van der Waals surface area contributed by atoms with Crippen LogP contribution in [0.4, 0.5) is 0 Å². The van der Waals surface area contributed by atoms with E-state index >= 15 is 0 Å². The molecule has 0 spiro atoms. The number of nitrogens with zero attached hydrogens (tertiary/aromatic N) is 1. The second-order valence-electron chi connectivity index (χ2n) is 5.24. The van der Waals surface area contributed by atoms with Crippen molar-refractivity contribution in [3.8, 4) is 0 Å². The van der Waals surface area contributed by atoms with E-state index in [0.717, 1.165) is 38.4 Å². The van der Waals surface area contributed by atoms with Gasteiger partial charge in [-0.2, -0.15) is 0 Å². The Kier molecular flexibility index (Phi) is 7.71. The van der Waals surface area contributed by atoms with Crippen molar-refractivity contribution in [3.63, 3.8) is 0 Å². The SMILES string of the molecule is C=CCC(O)(CCN1CCOCC1)c1ccc(Cl)cc1.Cl. The molecule has 1 saturated heterocycles. The molecule has 0 bridgehead atoms. The quantitative estimate of drug-likeness (QED) is 0.812. The maximum Gasteiger partial charge on any atom is 0.0942 e. The predicted octanol–water partition coefficient (Wildman–Crippen LogP) is 3.25. The summed E-state index contributed by atoms with van der Waals surface area (Å²) < 4.78 is 5.34. The summed E-state index contributed by atoms with van der Waals surface area (Å²) in [5.74, 6) is 0. The van der Waals surface area contributed by atoms with Crippen LogP contribution in [0.1, 0.15) is 18.4 Å². The molecule has 0 saturated carbocycles. The molecule has 1 aliphatic heterocycles. The van der Waals surface area contributed by atoms with Crippen molar-refractivity contribution in [1.82, 2.24) is 4.90 Å². The minimum atomic E-state index is -0.870. The summed E-state index contributed by atoms with van der Waals surface area (Å²) in [7, 11) is 0. The van der Waals surface area contributed by atoms with Crippen LogP contribution >= 0.6 is 24.0 Å². The highest BCUT2D eigenvalue weighted by atomic mass is 35.5. The third-order valence-electron chi connectivity index (χ3n) is 3.81. The number of aliphatic hydroxyl groups is 1. The number of hydrogen-bond donors (Lipinski definition) is 1. The van der Waals surface area contributed by atoms with Gasteiger partial charge in [0.05, 0.1) is 18.8 Å². The number of benzene rings is 1. The Hall–Kier alpha value is -0.580. The van der Waals surface area contributed by atoms with Crippen molar-refractivity contribution < 1.29 is 9.84 Å². The van der Waals surface area contributed by atoms with Gasteiger partial charge in [-0.3, -0.25) is 4.90 Å². The van der Waals surface area contributed by atoms with Crippen molar-refractivity contribution in [2.75, 3.05) is 32.8 Å². The summed E-state index contributed by atoms with van der Waals surface area (Å²) >= 11 is 5.91. The lowest BCUT2D eigenvalue weighted by molar-refractivity contribution is -0.00295. The molecule has 21 heavy (non-hydrogen) atoms. The van der Waals surface area contributed by atoms with Crippen LogP contribution in [0.15, 0.2) is 36.9 Å². The number of hydrogen-bond acceptors (Lipinski definition) is 3. The van der Waals surface area contributed by atoms with Crippen LogP contribution in [0.5, 0.6) is 0 Å². The van der Waals surface area contributed by atoms with E-state index in [0.29, 0.717) is 17.9 Å². The topological polar surface area (TPSA) is 32.7 Å². The molecule has 1 aliphatic rings. The minimum Gasteiger partial charge on any atom is -0.385 e. The molecule has 1 atom stereocenters. The molecule has 0 amide bonds.